The van der Waals surface area contributed by atoms with Gasteiger partial charge in [0.25, 0.3) is 0 Å². The van der Waals surface area contributed by atoms with Gasteiger partial charge in [0.15, 0.2) is 0 Å². The first-order chi connectivity index (χ1) is 8.27. The normalized spacial score (nSPS) is 19.4. The summed E-state index contributed by atoms with van der Waals surface area (Å²) in [5.41, 5.74) is 6.95. The minimum Gasteiger partial charge on any atom is -0.376 e. The minimum absolute atomic E-state index is 0.0344. The summed E-state index contributed by atoms with van der Waals surface area (Å²) in [5.74, 6) is 0. The first-order valence-electron chi connectivity index (χ1n) is 6.64. The monoisotopic (exact) mass is 237 g/mol. The zero-order valence-electron chi connectivity index (χ0n) is 10.6. The van der Waals surface area contributed by atoms with Crippen LogP contribution in [0.1, 0.15) is 50.8 Å². The highest BCUT2D eigenvalue weighted by Crippen LogP contribution is 2.20. The summed E-state index contributed by atoms with van der Waals surface area (Å²) in [7, 11) is 0. The predicted octanol–water partition coefficient (Wildman–Crippen LogP) is 2.25. The molecule has 0 saturated heterocycles. The molecule has 0 unspecified atom stereocenters. The molecular formula is C13H23N3O. The summed E-state index contributed by atoms with van der Waals surface area (Å²) < 4.78 is 7.99. The van der Waals surface area contributed by atoms with Crippen molar-refractivity contribution < 1.29 is 4.74 Å². The van der Waals surface area contributed by atoms with E-state index in [1.807, 2.05) is 19.4 Å². The molecule has 1 aromatic heterocycles. The maximum Gasteiger partial charge on any atom is 0.0949 e. The van der Waals surface area contributed by atoms with Crippen LogP contribution in [0.4, 0.5) is 0 Å². The number of aromatic nitrogens is 2. The van der Waals surface area contributed by atoms with Crippen molar-refractivity contribution in [3.63, 3.8) is 0 Å². The molecule has 1 aliphatic rings. The van der Waals surface area contributed by atoms with E-state index in [1.165, 1.54) is 32.1 Å². The summed E-state index contributed by atoms with van der Waals surface area (Å²) >= 11 is 0. The first-order valence-corrected chi connectivity index (χ1v) is 6.64. The van der Waals surface area contributed by atoms with E-state index in [0.29, 0.717) is 6.10 Å². The topological polar surface area (TPSA) is 53.1 Å². The lowest BCUT2D eigenvalue weighted by atomic mass is 9.98. The molecule has 1 aromatic rings. The Morgan fingerprint density at radius 1 is 1.47 bits per heavy atom. The van der Waals surface area contributed by atoms with Gasteiger partial charge in [-0.05, 0) is 19.8 Å². The van der Waals surface area contributed by atoms with E-state index in [9.17, 15) is 0 Å². The quantitative estimate of drug-likeness (QED) is 0.854. The Morgan fingerprint density at radius 3 is 2.94 bits per heavy atom. The summed E-state index contributed by atoms with van der Waals surface area (Å²) in [4.78, 5) is 4.14. The second-order valence-corrected chi connectivity index (χ2v) is 4.93. The second-order valence-electron chi connectivity index (χ2n) is 4.93. The van der Waals surface area contributed by atoms with Crippen LogP contribution in [0.5, 0.6) is 0 Å². The van der Waals surface area contributed by atoms with Gasteiger partial charge in [-0.15, -0.1) is 0 Å². The van der Waals surface area contributed by atoms with Gasteiger partial charge in [-0.2, -0.15) is 0 Å². The van der Waals surface area contributed by atoms with Crippen LogP contribution in [0.2, 0.25) is 0 Å². The summed E-state index contributed by atoms with van der Waals surface area (Å²) in [5, 5.41) is 0. The highest BCUT2D eigenvalue weighted by atomic mass is 16.5. The van der Waals surface area contributed by atoms with E-state index in [1.54, 1.807) is 0 Å². The predicted molar refractivity (Wildman–Crippen MR) is 67.7 cm³/mol. The lowest BCUT2D eigenvalue weighted by molar-refractivity contribution is 0.0238. The van der Waals surface area contributed by atoms with Gasteiger partial charge in [-0.3, -0.25) is 0 Å². The molecule has 17 heavy (non-hydrogen) atoms. The molecule has 0 spiro atoms. The van der Waals surface area contributed by atoms with Gasteiger partial charge in [0.05, 0.1) is 24.7 Å². The number of rotatable bonds is 5. The Balaban J connectivity index is 1.75. The highest BCUT2D eigenvalue weighted by molar-refractivity contribution is 5.02. The maximum atomic E-state index is 5.90. The van der Waals surface area contributed by atoms with E-state index in [4.69, 9.17) is 10.5 Å². The third kappa shape index (κ3) is 3.54. The van der Waals surface area contributed by atoms with Gasteiger partial charge >= 0.3 is 0 Å². The lowest BCUT2D eigenvalue weighted by Crippen LogP contribution is -2.20. The van der Waals surface area contributed by atoms with E-state index >= 15 is 0 Å². The van der Waals surface area contributed by atoms with Crippen LogP contribution in [0, 0.1) is 0 Å². The molecular weight excluding hydrogens is 214 g/mol. The third-order valence-electron chi connectivity index (χ3n) is 3.45. The van der Waals surface area contributed by atoms with Crippen LogP contribution >= 0.6 is 0 Å². The summed E-state index contributed by atoms with van der Waals surface area (Å²) in [6.07, 6.45) is 10.6. The van der Waals surface area contributed by atoms with Crippen molar-refractivity contribution >= 4 is 0 Å². The molecule has 0 bridgehead atoms. The van der Waals surface area contributed by atoms with Crippen molar-refractivity contribution in [1.29, 1.82) is 0 Å². The van der Waals surface area contributed by atoms with Crippen LogP contribution in [-0.4, -0.2) is 22.3 Å². The molecule has 0 aromatic carbocycles. The van der Waals surface area contributed by atoms with Crippen molar-refractivity contribution in [2.75, 3.05) is 6.61 Å². The molecule has 2 N–H and O–H groups in total. The molecule has 1 saturated carbocycles. The van der Waals surface area contributed by atoms with Gasteiger partial charge in [0.1, 0.15) is 0 Å². The van der Waals surface area contributed by atoms with Gasteiger partial charge < -0.3 is 15.0 Å². The van der Waals surface area contributed by atoms with Crippen molar-refractivity contribution in [1.82, 2.24) is 9.55 Å². The minimum atomic E-state index is 0.0344. The lowest BCUT2D eigenvalue weighted by Gasteiger charge is -2.22. The molecule has 1 aliphatic carbocycles. The SMILES string of the molecule is C[C@H](N)c1cncn1CCOC1CCCCC1. The van der Waals surface area contributed by atoms with Gasteiger partial charge in [0, 0.05) is 18.8 Å². The smallest absolute Gasteiger partial charge is 0.0949 e. The summed E-state index contributed by atoms with van der Waals surface area (Å²) in [6.45, 7) is 3.60. The van der Waals surface area contributed by atoms with E-state index in [-0.39, 0.29) is 6.04 Å². The molecule has 0 amide bonds. The fourth-order valence-corrected chi connectivity index (χ4v) is 2.45. The molecule has 0 radical (unpaired) electrons. The van der Waals surface area contributed by atoms with Gasteiger partial charge in [-0.1, -0.05) is 19.3 Å². The molecule has 1 atom stereocenters. The Hall–Kier alpha value is -0.870. The molecule has 1 heterocycles. The Kier molecular flexibility index (Phi) is 4.57. The van der Waals surface area contributed by atoms with Crippen LogP contribution in [0.3, 0.4) is 0 Å². The largest absolute Gasteiger partial charge is 0.376 e. The van der Waals surface area contributed by atoms with Crippen LogP contribution in [0.25, 0.3) is 0 Å². The van der Waals surface area contributed by atoms with E-state index in [0.717, 1.165) is 18.8 Å². The Bertz CT molecular complexity index is 329. The maximum absolute atomic E-state index is 5.90. The Labute approximate surface area is 103 Å². The van der Waals surface area contributed by atoms with Crippen molar-refractivity contribution in [2.45, 2.75) is 57.7 Å². The average molecular weight is 237 g/mol. The molecule has 1 fully saturated rings. The number of ether oxygens (including phenoxy) is 1. The molecule has 4 nitrogen and oxygen atoms in total. The molecule has 0 aliphatic heterocycles. The van der Waals surface area contributed by atoms with Crippen LogP contribution in [0.15, 0.2) is 12.5 Å². The fraction of sp³-hybridized carbons (Fsp3) is 0.769. The second kappa shape index (κ2) is 6.17. The summed E-state index contributed by atoms with van der Waals surface area (Å²) in [6, 6.07) is 0.0344. The van der Waals surface area contributed by atoms with E-state index < -0.39 is 0 Å². The van der Waals surface area contributed by atoms with Gasteiger partial charge in [0.2, 0.25) is 0 Å². The molecule has 96 valence electrons. The number of hydrogen-bond donors (Lipinski definition) is 1. The standard InChI is InChI=1S/C13H23N3O/c1-11(14)13-9-15-10-16(13)7-8-17-12-5-3-2-4-6-12/h9-12H,2-8,14H2,1H3/t11-/m0/s1. The first kappa shape index (κ1) is 12.6. The number of nitrogens with zero attached hydrogens (tertiary/aromatic N) is 2. The molecule has 2 rings (SSSR count). The zero-order valence-corrected chi connectivity index (χ0v) is 10.6. The zero-order chi connectivity index (χ0) is 12.1. The van der Waals surface area contributed by atoms with Gasteiger partial charge in [-0.25, -0.2) is 4.98 Å². The highest BCUT2D eigenvalue weighted by Gasteiger charge is 2.13. The van der Waals surface area contributed by atoms with Crippen LogP contribution < -0.4 is 5.73 Å². The van der Waals surface area contributed by atoms with Crippen molar-refractivity contribution in [2.24, 2.45) is 5.73 Å². The number of imidazole rings is 1. The Morgan fingerprint density at radius 2 is 2.24 bits per heavy atom. The molecule has 4 heteroatoms. The number of nitrogens with two attached hydrogens (primary N) is 1. The number of hydrogen-bond acceptors (Lipinski definition) is 3. The van der Waals surface area contributed by atoms with E-state index in [2.05, 4.69) is 9.55 Å². The fourth-order valence-electron chi connectivity index (χ4n) is 2.45. The third-order valence-corrected chi connectivity index (χ3v) is 3.45. The van der Waals surface area contributed by atoms with Crippen molar-refractivity contribution in [3.8, 4) is 0 Å². The average Bonchev–Trinajstić information content (AvgIpc) is 2.79. The van der Waals surface area contributed by atoms with Crippen LogP contribution in [-0.2, 0) is 11.3 Å². The van der Waals surface area contributed by atoms with Crippen molar-refractivity contribution in [3.05, 3.63) is 18.2 Å².